The lowest BCUT2D eigenvalue weighted by atomic mass is 10.1. The van der Waals surface area contributed by atoms with Gasteiger partial charge < -0.3 is 5.32 Å². The van der Waals surface area contributed by atoms with E-state index in [1.807, 2.05) is 40.4 Å². The van der Waals surface area contributed by atoms with Crippen LogP contribution in [0.4, 0.5) is 0 Å². The first-order chi connectivity index (χ1) is 10.3. The maximum Gasteiger partial charge on any atom is 0.0846 e. The number of benzene rings is 1. The van der Waals surface area contributed by atoms with E-state index in [9.17, 15) is 0 Å². The molecular formula is C17H19N3S. The van der Waals surface area contributed by atoms with Crippen molar-refractivity contribution >= 4 is 11.3 Å². The first kappa shape index (κ1) is 14.0. The van der Waals surface area contributed by atoms with Crippen molar-refractivity contribution in [1.82, 2.24) is 15.1 Å². The fourth-order valence-corrected chi connectivity index (χ4v) is 3.45. The van der Waals surface area contributed by atoms with Gasteiger partial charge in [-0.15, -0.1) is 11.3 Å². The van der Waals surface area contributed by atoms with Crippen molar-refractivity contribution in [1.29, 1.82) is 0 Å². The van der Waals surface area contributed by atoms with E-state index in [1.165, 1.54) is 15.4 Å². The first-order valence-electron chi connectivity index (χ1n) is 7.18. The number of aryl methyl sites for hydroxylation is 1. The Kier molecular flexibility index (Phi) is 4.18. The SMILES string of the molecule is CCNC(c1ccc(C)s1)c1ccnn1-c1ccccc1. The van der Waals surface area contributed by atoms with Crippen molar-refractivity contribution < 1.29 is 0 Å². The van der Waals surface area contributed by atoms with Gasteiger partial charge in [-0.1, -0.05) is 25.1 Å². The molecule has 21 heavy (non-hydrogen) atoms. The number of hydrogen-bond acceptors (Lipinski definition) is 3. The summed E-state index contributed by atoms with van der Waals surface area (Å²) in [5.41, 5.74) is 2.26. The Balaban J connectivity index is 2.03. The molecule has 1 N–H and O–H groups in total. The zero-order valence-corrected chi connectivity index (χ0v) is 13.1. The number of hydrogen-bond donors (Lipinski definition) is 1. The van der Waals surface area contributed by atoms with E-state index in [4.69, 9.17) is 0 Å². The van der Waals surface area contributed by atoms with E-state index in [0.717, 1.165) is 12.2 Å². The molecule has 2 aromatic heterocycles. The molecule has 108 valence electrons. The van der Waals surface area contributed by atoms with Crippen molar-refractivity contribution in [3.63, 3.8) is 0 Å². The molecule has 0 saturated heterocycles. The average molecular weight is 297 g/mol. The number of nitrogens with one attached hydrogen (secondary N) is 1. The highest BCUT2D eigenvalue weighted by Gasteiger charge is 2.19. The molecule has 3 rings (SSSR count). The largest absolute Gasteiger partial charge is 0.305 e. The number of nitrogens with zero attached hydrogens (tertiary/aromatic N) is 2. The summed E-state index contributed by atoms with van der Waals surface area (Å²) >= 11 is 1.83. The third-order valence-corrected chi connectivity index (χ3v) is 4.49. The van der Waals surface area contributed by atoms with E-state index in [2.05, 4.69) is 54.6 Å². The molecular weight excluding hydrogens is 278 g/mol. The molecule has 0 amide bonds. The number of thiophene rings is 1. The van der Waals surface area contributed by atoms with Crippen LogP contribution in [0.3, 0.4) is 0 Å². The van der Waals surface area contributed by atoms with Gasteiger partial charge in [0.1, 0.15) is 0 Å². The Morgan fingerprint density at radius 1 is 1.14 bits per heavy atom. The van der Waals surface area contributed by atoms with Gasteiger partial charge in [-0.05, 0) is 43.8 Å². The van der Waals surface area contributed by atoms with E-state index >= 15 is 0 Å². The van der Waals surface area contributed by atoms with Crippen molar-refractivity contribution in [2.24, 2.45) is 0 Å². The molecule has 0 saturated carbocycles. The third kappa shape index (κ3) is 2.91. The minimum Gasteiger partial charge on any atom is -0.305 e. The molecule has 0 aliphatic carbocycles. The Labute approximate surface area is 129 Å². The van der Waals surface area contributed by atoms with Crippen molar-refractivity contribution in [3.05, 3.63) is 70.2 Å². The van der Waals surface area contributed by atoms with Gasteiger partial charge in [0.25, 0.3) is 0 Å². The predicted molar refractivity (Wildman–Crippen MR) is 88.1 cm³/mol. The molecule has 1 atom stereocenters. The molecule has 0 bridgehead atoms. The van der Waals surface area contributed by atoms with Crippen LogP contribution >= 0.6 is 11.3 Å². The summed E-state index contributed by atoms with van der Waals surface area (Å²) in [5.74, 6) is 0. The highest BCUT2D eigenvalue weighted by Crippen LogP contribution is 2.29. The lowest BCUT2D eigenvalue weighted by Gasteiger charge is -2.18. The van der Waals surface area contributed by atoms with Crippen LogP contribution in [-0.4, -0.2) is 16.3 Å². The standard InChI is InChI=1S/C17H19N3S/c1-3-18-17(16-10-9-13(2)21-16)15-11-12-19-20(15)14-7-5-4-6-8-14/h4-12,17-18H,3H2,1-2H3. The van der Waals surface area contributed by atoms with Crippen molar-refractivity contribution in [3.8, 4) is 5.69 Å². The van der Waals surface area contributed by atoms with Crippen molar-refractivity contribution in [2.45, 2.75) is 19.9 Å². The molecule has 1 unspecified atom stereocenters. The van der Waals surface area contributed by atoms with Crippen LogP contribution < -0.4 is 5.32 Å². The number of rotatable bonds is 5. The fraction of sp³-hybridized carbons (Fsp3) is 0.235. The topological polar surface area (TPSA) is 29.9 Å². The predicted octanol–water partition coefficient (Wildman–Crippen LogP) is 3.94. The number of aromatic nitrogens is 2. The summed E-state index contributed by atoms with van der Waals surface area (Å²) in [4.78, 5) is 2.66. The summed E-state index contributed by atoms with van der Waals surface area (Å²) in [6.07, 6.45) is 1.87. The lowest BCUT2D eigenvalue weighted by Crippen LogP contribution is -2.23. The second-order valence-electron chi connectivity index (χ2n) is 4.94. The van der Waals surface area contributed by atoms with Gasteiger partial charge in [-0.2, -0.15) is 5.10 Å². The van der Waals surface area contributed by atoms with E-state index in [-0.39, 0.29) is 6.04 Å². The first-order valence-corrected chi connectivity index (χ1v) is 8.00. The Hall–Kier alpha value is -1.91. The molecule has 0 aliphatic rings. The van der Waals surface area contributed by atoms with Crippen LogP contribution in [-0.2, 0) is 0 Å². The third-order valence-electron chi connectivity index (χ3n) is 3.42. The average Bonchev–Trinajstić information content (AvgIpc) is 3.15. The summed E-state index contributed by atoms with van der Waals surface area (Å²) in [6, 6.07) is 16.9. The molecule has 2 heterocycles. The second kappa shape index (κ2) is 6.24. The summed E-state index contributed by atoms with van der Waals surface area (Å²) in [6.45, 7) is 5.20. The molecule has 0 aliphatic heterocycles. The van der Waals surface area contributed by atoms with Crippen molar-refractivity contribution in [2.75, 3.05) is 6.54 Å². The summed E-state index contributed by atoms with van der Waals surface area (Å²) in [5, 5.41) is 8.08. The molecule has 0 fully saturated rings. The Morgan fingerprint density at radius 3 is 2.62 bits per heavy atom. The van der Waals surface area contributed by atoms with Gasteiger partial charge in [0.05, 0.1) is 17.4 Å². The van der Waals surface area contributed by atoms with Gasteiger partial charge in [-0.25, -0.2) is 4.68 Å². The van der Waals surface area contributed by atoms with Gasteiger partial charge in [-0.3, -0.25) is 0 Å². The zero-order chi connectivity index (χ0) is 14.7. The van der Waals surface area contributed by atoms with Crippen LogP contribution in [0.1, 0.15) is 28.4 Å². The van der Waals surface area contributed by atoms with Crippen LogP contribution in [0.15, 0.2) is 54.7 Å². The van der Waals surface area contributed by atoms with Crippen LogP contribution in [0.25, 0.3) is 5.69 Å². The molecule has 0 spiro atoms. The highest BCUT2D eigenvalue weighted by atomic mass is 32.1. The fourth-order valence-electron chi connectivity index (χ4n) is 2.48. The number of para-hydroxylation sites is 1. The normalized spacial score (nSPS) is 12.5. The van der Waals surface area contributed by atoms with E-state index in [1.54, 1.807) is 0 Å². The van der Waals surface area contributed by atoms with Crippen LogP contribution in [0.5, 0.6) is 0 Å². The molecule has 3 nitrogen and oxygen atoms in total. The van der Waals surface area contributed by atoms with Gasteiger partial charge in [0, 0.05) is 16.0 Å². The van der Waals surface area contributed by atoms with Gasteiger partial charge in [0.15, 0.2) is 0 Å². The molecule has 3 aromatic rings. The summed E-state index contributed by atoms with van der Waals surface area (Å²) in [7, 11) is 0. The zero-order valence-electron chi connectivity index (χ0n) is 12.3. The lowest BCUT2D eigenvalue weighted by molar-refractivity contribution is 0.601. The van der Waals surface area contributed by atoms with E-state index in [0.29, 0.717) is 0 Å². The maximum absolute atomic E-state index is 4.50. The second-order valence-corrected chi connectivity index (χ2v) is 6.26. The Bertz CT molecular complexity index is 700. The van der Waals surface area contributed by atoms with Crippen LogP contribution in [0.2, 0.25) is 0 Å². The summed E-state index contributed by atoms with van der Waals surface area (Å²) < 4.78 is 2.02. The molecule has 0 radical (unpaired) electrons. The molecule has 4 heteroatoms. The smallest absolute Gasteiger partial charge is 0.0846 e. The minimum atomic E-state index is 0.177. The van der Waals surface area contributed by atoms with Gasteiger partial charge >= 0.3 is 0 Å². The highest BCUT2D eigenvalue weighted by molar-refractivity contribution is 7.12. The maximum atomic E-state index is 4.50. The quantitative estimate of drug-likeness (QED) is 0.773. The minimum absolute atomic E-state index is 0.177. The monoisotopic (exact) mass is 297 g/mol. The Morgan fingerprint density at radius 2 is 1.95 bits per heavy atom. The van der Waals surface area contributed by atoms with Crippen LogP contribution in [0, 0.1) is 6.92 Å². The molecule has 1 aromatic carbocycles. The van der Waals surface area contributed by atoms with E-state index < -0.39 is 0 Å². The van der Waals surface area contributed by atoms with Gasteiger partial charge in [0.2, 0.25) is 0 Å².